The standard InChI is InChI=1S/C23H35N3O2/c1-3-11-25-17-23(9-12-24(2)13-10-23)15-21(25)22(28)26(19-7-8-19)16-18-5-4-6-20(27)14-18/h4-6,14,19,21,27H,3,7-13,15-17H2,1-2H3/t21-/m1/s1. The molecule has 1 aromatic carbocycles. The first kappa shape index (κ1) is 19.7. The Bertz CT molecular complexity index is 695. The molecule has 154 valence electrons. The van der Waals surface area contributed by atoms with Gasteiger partial charge < -0.3 is 14.9 Å². The zero-order valence-corrected chi connectivity index (χ0v) is 17.4. The SMILES string of the molecule is CCCN1CC2(CCN(C)CC2)C[C@@H]1C(=O)N(Cc1cccc(O)c1)C1CC1. The number of carbonyl (C=O) groups excluding carboxylic acids is 1. The summed E-state index contributed by atoms with van der Waals surface area (Å²) in [5.41, 5.74) is 1.34. The van der Waals surface area contributed by atoms with Crippen molar-refractivity contribution in [1.29, 1.82) is 0 Å². The van der Waals surface area contributed by atoms with E-state index in [0.29, 0.717) is 23.9 Å². The number of hydrogen-bond acceptors (Lipinski definition) is 4. The topological polar surface area (TPSA) is 47.0 Å². The Morgan fingerprint density at radius 1 is 1.29 bits per heavy atom. The number of likely N-dealkylation sites (tertiary alicyclic amines) is 2. The van der Waals surface area contributed by atoms with Gasteiger partial charge in [-0.2, -0.15) is 0 Å². The molecule has 5 heteroatoms. The summed E-state index contributed by atoms with van der Waals surface area (Å²) in [7, 11) is 2.21. The third-order valence-corrected chi connectivity index (χ3v) is 6.98. The summed E-state index contributed by atoms with van der Waals surface area (Å²) in [6.07, 6.45) is 6.76. The number of hydrogen-bond donors (Lipinski definition) is 1. The summed E-state index contributed by atoms with van der Waals surface area (Å²) in [6.45, 7) is 7.22. The molecule has 3 aliphatic rings. The average molecular weight is 386 g/mol. The van der Waals surface area contributed by atoms with Gasteiger partial charge in [-0.15, -0.1) is 0 Å². The molecule has 1 atom stereocenters. The number of rotatable bonds is 6. The summed E-state index contributed by atoms with van der Waals surface area (Å²) < 4.78 is 0. The van der Waals surface area contributed by atoms with E-state index in [1.165, 1.54) is 12.8 Å². The third kappa shape index (κ3) is 4.20. The Morgan fingerprint density at radius 3 is 2.68 bits per heavy atom. The second kappa shape index (κ2) is 8.03. The van der Waals surface area contributed by atoms with Gasteiger partial charge in [0, 0.05) is 19.1 Å². The molecule has 1 amide bonds. The molecule has 1 aliphatic carbocycles. The molecule has 1 N–H and O–H groups in total. The minimum absolute atomic E-state index is 0.0289. The van der Waals surface area contributed by atoms with E-state index in [1.807, 2.05) is 12.1 Å². The number of carbonyl (C=O) groups is 1. The van der Waals surface area contributed by atoms with Crippen molar-refractivity contribution in [2.24, 2.45) is 5.41 Å². The van der Waals surface area contributed by atoms with Crippen LogP contribution in [0.25, 0.3) is 0 Å². The van der Waals surface area contributed by atoms with Crippen molar-refractivity contribution in [3.63, 3.8) is 0 Å². The zero-order valence-electron chi connectivity index (χ0n) is 17.4. The van der Waals surface area contributed by atoms with Gasteiger partial charge >= 0.3 is 0 Å². The first-order valence-electron chi connectivity index (χ1n) is 11.0. The minimum Gasteiger partial charge on any atom is -0.508 e. The van der Waals surface area contributed by atoms with Crippen LogP contribution in [0.2, 0.25) is 0 Å². The molecule has 1 aromatic rings. The number of amides is 1. The molecular weight excluding hydrogens is 350 g/mol. The number of phenolic OH excluding ortho intramolecular Hbond substituents is 1. The first-order valence-corrected chi connectivity index (χ1v) is 11.0. The van der Waals surface area contributed by atoms with Crippen LogP contribution in [0, 0.1) is 5.41 Å². The normalized spacial score (nSPS) is 25.3. The Balaban J connectivity index is 1.51. The first-order chi connectivity index (χ1) is 13.5. The Labute approximate surface area is 169 Å². The molecule has 28 heavy (non-hydrogen) atoms. The predicted molar refractivity (Wildman–Crippen MR) is 111 cm³/mol. The fourth-order valence-corrected chi connectivity index (χ4v) is 5.18. The molecule has 1 saturated carbocycles. The lowest BCUT2D eigenvalue weighted by atomic mass is 9.76. The highest BCUT2D eigenvalue weighted by Crippen LogP contribution is 2.44. The summed E-state index contributed by atoms with van der Waals surface area (Å²) in [6, 6.07) is 7.77. The molecule has 5 nitrogen and oxygen atoms in total. The second-order valence-electron chi connectivity index (χ2n) is 9.36. The van der Waals surface area contributed by atoms with Gasteiger partial charge in [0.25, 0.3) is 0 Å². The molecule has 0 aromatic heterocycles. The number of benzene rings is 1. The maximum absolute atomic E-state index is 13.7. The van der Waals surface area contributed by atoms with E-state index in [4.69, 9.17) is 0 Å². The molecule has 1 spiro atoms. The number of piperidine rings is 1. The van der Waals surface area contributed by atoms with Gasteiger partial charge in [-0.3, -0.25) is 9.69 Å². The molecule has 0 bridgehead atoms. The van der Waals surface area contributed by atoms with E-state index in [0.717, 1.165) is 57.4 Å². The maximum Gasteiger partial charge on any atom is 0.240 e. The van der Waals surface area contributed by atoms with Gasteiger partial charge in [0.15, 0.2) is 0 Å². The lowest BCUT2D eigenvalue weighted by molar-refractivity contribution is -0.137. The van der Waals surface area contributed by atoms with Gasteiger partial charge in [0.05, 0.1) is 6.04 Å². The van der Waals surface area contributed by atoms with Crippen LogP contribution in [0.4, 0.5) is 0 Å². The van der Waals surface area contributed by atoms with Gasteiger partial charge in [0.2, 0.25) is 5.91 Å². The molecule has 0 radical (unpaired) electrons. The van der Waals surface area contributed by atoms with E-state index in [9.17, 15) is 9.90 Å². The van der Waals surface area contributed by atoms with Crippen molar-refractivity contribution in [3.8, 4) is 5.75 Å². The van der Waals surface area contributed by atoms with Crippen LogP contribution in [0.3, 0.4) is 0 Å². The van der Waals surface area contributed by atoms with Crippen molar-refractivity contribution in [2.45, 2.75) is 64.1 Å². The van der Waals surface area contributed by atoms with E-state index < -0.39 is 0 Å². The van der Waals surface area contributed by atoms with Crippen LogP contribution >= 0.6 is 0 Å². The van der Waals surface area contributed by atoms with Crippen LogP contribution in [-0.2, 0) is 11.3 Å². The smallest absolute Gasteiger partial charge is 0.240 e. The number of nitrogens with zero attached hydrogens (tertiary/aromatic N) is 3. The van der Waals surface area contributed by atoms with Crippen LogP contribution < -0.4 is 0 Å². The molecule has 2 heterocycles. The molecule has 2 aliphatic heterocycles. The number of aromatic hydroxyl groups is 1. The Morgan fingerprint density at radius 2 is 2.04 bits per heavy atom. The fourth-order valence-electron chi connectivity index (χ4n) is 5.18. The maximum atomic E-state index is 13.7. The Hall–Kier alpha value is -1.59. The van der Waals surface area contributed by atoms with E-state index >= 15 is 0 Å². The highest BCUT2D eigenvalue weighted by Gasteiger charge is 2.49. The predicted octanol–water partition coefficient (Wildman–Crippen LogP) is 3.08. The Kier molecular flexibility index (Phi) is 5.66. The highest BCUT2D eigenvalue weighted by atomic mass is 16.3. The van der Waals surface area contributed by atoms with Crippen LogP contribution in [-0.4, -0.2) is 71.0 Å². The summed E-state index contributed by atoms with van der Waals surface area (Å²) in [5, 5.41) is 9.81. The minimum atomic E-state index is 0.0289. The second-order valence-corrected chi connectivity index (χ2v) is 9.36. The van der Waals surface area contributed by atoms with Crippen molar-refractivity contribution in [3.05, 3.63) is 29.8 Å². The molecular formula is C23H35N3O2. The summed E-state index contributed by atoms with van der Waals surface area (Å²) in [4.78, 5) is 20.7. The van der Waals surface area contributed by atoms with Crippen molar-refractivity contribution in [1.82, 2.24) is 14.7 Å². The lowest BCUT2D eigenvalue weighted by Crippen LogP contribution is -2.46. The fraction of sp³-hybridized carbons (Fsp3) is 0.696. The highest BCUT2D eigenvalue weighted by molar-refractivity contribution is 5.83. The van der Waals surface area contributed by atoms with Crippen LogP contribution in [0.1, 0.15) is 51.0 Å². The van der Waals surface area contributed by atoms with Crippen molar-refractivity contribution in [2.75, 3.05) is 33.2 Å². The summed E-state index contributed by atoms with van der Waals surface area (Å²) in [5.74, 6) is 0.592. The van der Waals surface area contributed by atoms with Crippen LogP contribution in [0.15, 0.2) is 24.3 Å². The average Bonchev–Trinajstić information content (AvgIpc) is 3.46. The molecule has 0 unspecified atom stereocenters. The van der Waals surface area contributed by atoms with Crippen molar-refractivity contribution >= 4 is 5.91 Å². The molecule has 4 rings (SSSR count). The van der Waals surface area contributed by atoms with E-state index in [1.54, 1.807) is 12.1 Å². The van der Waals surface area contributed by atoms with E-state index in [2.05, 4.69) is 28.7 Å². The number of phenols is 1. The summed E-state index contributed by atoms with van der Waals surface area (Å²) >= 11 is 0. The monoisotopic (exact) mass is 385 g/mol. The van der Waals surface area contributed by atoms with Gasteiger partial charge in [-0.1, -0.05) is 19.1 Å². The van der Waals surface area contributed by atoms with Gasteiger partial charge in [-0.25, -0.2) is 0 Å². The third-order valence-electron chi connectivity index (χ3n) is 6.98. The molecule has 3 fully saturated rings. The van der Waals surface area contributed by atoms with Crippen LogP contribution in [0.5, 0.6) is 5.75 Å². The lowest BCUT2D eigenvalue weighted by Gasteiger charge is -2.37. The van der Waals surface area contributed by atoms with E-state index in [-0.39, 0.29) is 11.8 Å². The zero-order chi connectivity index (χ0) is 19.7. The molecule has 2 saturated heterocycles. The van der Waals surface area contributed by atoms with Crippen molar-refractivity contribution < 1.29 is 9.90 Å². The van der Waals surface area contributed by atoms with Gasteiger partial charge in [-0.05, 0) is 88.3 Å². The quantitative estimate of drug-likeness (QED) is 0.818. The van der Waals surface area contributed by atoms with Gasteiger partial charge in [0.1, 0.15) is 5.75 Å². The largest absolute Gasteiger partial charge is 0.508 e.